The summed E-state index contributed by atoms with van der Waals surface area (Å²) in [6.45, 7) is 0.618. The van der Waals surface area contributed by atoms with E-state index in [0.717, 1.165) is 17.4 Å². The van der Waals surface area contributed by atoms with Gasteiger partial charge in [0.25, 0.3) is 0 Å². The standard InChI is InChI=1S/C10H12N4O/c1-11-9-5-10(14-7-13-9)12-6-8-3-2-4-15-8/h2-5,7H,6H2,1H3,(H2,11,12,13,14). The minimum atomic E-state index is 0.618. The first-order chi connectivity index (χ1) is 7.38. The summed E-state index contributed by atoms with van der Waals surface area (Å²) in [7, 11) is 1.82. The smallest absolute Gasteiger partial charge is 0.131 e. The Morgan fingerprint density at radius 3 is 2.93 bits per heavy atom. The Balaban J connectivity index is 1.98. The van der Waals surface area contributed by atoms with E-state index in [0.29, 0.717) is 6.54 Å². The van der Waals surface area contributed by atoms with Crippen molar-refractivity contribution in [3.05, 3.63) is 36.5 Å². The lowest BCUT2D eigenvalue weighted by molar-refractivity contribution is 0.518. The van der Waals surface area contributed by atoms with Gasteiger partial charge in [-0.3, -0.25) is 0 Å². The SMILES string of the molecule is CNc1cc(NCc2ccco2)ncn1. The number of hydrogen-bond acceptors (Lipinski definition) is 5. The molecule has 2 heterocycles. The van der Waals surface area contributed by atoms with Gasteiger partial charge in [-0.2, -0.15) is 0 Å². The van der Waals surface area contributed by atoms with Crippen molar-refractivity contribution in [2.75, 3.05) is 17.7 Å². The highest BCUT2D eigenvalue weighted by atomic mass is 16.3. The average molecular weight is 204 g/mol. The van der Waals surface area contributed by atoms with Crippen LogP contribution in [0.25, 0.3) is 0 Å². The summed E-state index contributed by atoms with van der Waals surface area (Å²) < 4.78 is 5.19. The van der Waals surface area contributed by atoms with Crippen LogP contribution >= 0.6 is 0 Å². The summed E-state index contributed by atoms with van der Waals surface area (Å²) >= 11 is 0. The number of aromatic nitrogens is 2. The van der Waals surface area contributed by atoms with Crippen molar-refractivity contribution in [1.29, 1.82) is 0 Å². The van der Waals surface area contributed by atoms with Gasteiger partial charge in [0.05, 0.1) is 12.8 Å². The van der Waals surface area contributed by atoms with Gasteiger partial charge < -0.3 is 15.1 Å². The first-order valence-corrected chi connectivity index (χ1v) is 4.64. The van der Waals surface area contributed by atoms with Gasteiger partial charge in [0, 0.05) is 13.1 Å². The van der Waals surface area contributed by atoms with Crippen molar-refractivity contribution in [2.24, 2.45) is 0 Å². The van der Waals surface area contributed by atoms with Gasteiger partial charge in [-0.05, 0) is 12.1 Å². The van der Waals surface area contributed by atoms with Crippen LogP contribution in [0.15, 0.2) is 35.2 Å². The number of anilines is 2. The molecule has 0 spiro atoms. The maximum atomic E-state index is 5.19. The Morgan fingerprint density at radius 2 is 2.20 bits per heavy atom. The van der Waals surface area contributed by atoms with Crippen LogP contribution in [0, 0.1) is 0 Å². The Hall–Kier alpha value is -2.04. The van der Waals surface area contributed by atoms with Crippen LogP contribution in [0.2, 0.25) is 0 Å². The number of nitrogens with zero attached hydrogens (tertiary/aromatic N) is 2. The molecule has 0 unspecified atom stereocenters. The third-order valence-corrected chi connectivity index (χ3v) is 1.95. The molecule has 78 valence electrons. The molecule has 0 radical (unpaired) electrons. The topological polar surface area (TPSA) is 63.0 Å². The molecule has 0 aromatic carbocycles. The van der Waals surface area contributed by atoms with Crippen molar-refractivity contribution >= 4 is 11.6 Å². The highest BCUT2D eigenvalue weighted by Crippen LogP contribution is 2.09. The highest BCUT2D eigenvalue weighted by molar-refractivity contribution is 5.45. The Labute approximate surface area is 87.6 Å². The van der Waals surface area contributed by atoms with E-state index in [2.05, 4.69) is 20.6 Å². The molecule has 0 bridgehead atoms. The summed E-state index contributed by atoms with van der Waals surface area (Å²) in [6.07, 6.45) is 3.16. The van der Waals surface area contributed by atoms with Crippen LogP contribution in [0.3, 0.4) is 0 Å². The van der Waals surface area contributed by atoms with E-state index in [1.165, 1.54) is 6.33 Å². The normalized spacial score (nSPS) is 9.93. The monoisotopic (exact) mass is 204 g/mol. The van der Waals surface area contributed by atoms with E-state index >= 15 is 0 Å². The summed E-state index contributed by atoms with van der Waals surface area (Å²) in [5.41, 5.74) is 0. The molecule has 5 heteroatoms. The van der Waals surface area contributed by atoms with Crippen LogP contribution in [-0.2, 0) is 6.54 Å². The Bertz CT molecular complexity index is 413. The third-order valence-electron chi connectivity index (χ3n) is 1.95. The summed E-state index contributed by atoms with van der Waals surface area (Å²) in [6, 6.07) is 5.60. The molecule has 2 aromatic rings. The Kier molecular flexibility index (Phi) is 2.82. The van der Waals surface area contributed by atoms with Crippen LogP contribution < -0.4 is 10.6 Å². The lowest BCUT2D eigenvalue weighted by Crippen LogP contribution is -2.02. The second-order valence-electron chi connectivity index (χ2n) is 2.97. The van der Waals surface area contributed by atoms with Gasteiger partial charge in [-0.1, -0.05) is 0 Å². The largest absolute Gasteiger partial charge is 0.467 e. The fourth-order valence-corrected chi connectivity index (χ4v) is 1.18. The molecule has 15 heavy (non-hydrogen) atoms. The van der Waals surface area contributed by atoms with E-state index in [-0.39, 0.29) is 0 Å². The van der Waals surface area contributed by atoms with Gasteiger partial charge in [0.2, 0.25) is 0 Å². The maximum Gasteiger partial charge on any atom is 0.131 e. The number of hydrogen-bond donors (Lipinski definition) is 2. The number of furan rings is 1. The minimum Gasteiger partial charge on any atom is -0.467 e. The van der Waals surface area contributed by atoms with Gasteiger partial charge in [-0.25, -0.2) is 9.97 Å². The van der Waals surface area contributed by atoms with Crippen LogP contribution in [0.1, 0.15) is 5.76 Å². The average Bonchev–Trinajstić information content (AvgIpc) is 2.79. The van der Waals surface area contributed by atoms with E-state index < -0.39 is 0 Å². The first-order valence-electron chi connectivity index (χ1n) is 4.64. The lowest BCUT2D eigenvalue weighted by atomic mass is 10.4. The molecule has 0 atom stereocenters. The quantitative estimate of drug-likeness (QED) is 0.794. The molecule has 5 nitrogen and oxygen atoms in total. The van der Waals surface area contributed by atoms with Crippen molar-refractivity contribution in [3.8, 4) is 0 Å². The second kappa shape index (κ2) is 4.45. The molecule has 0 saturated carbocycles. The van der Waals surface area contributed by atoms with Crippen molar-refractivity contribution in [3.63, 3.8) is 0 Å². The maximum absolute atomic E-state index is 5.19. The molecule has 0 aliphatic heterocycles. The first kappa shape index (κ1) is 9.51. The van der Waals surface area contributed by atoms with E-state index in [9.17, 15) is 0 Å². The Morgan fingerprint density at radius 1 is 1.33 bits per heavy atom. The summed E-state index contributed by atoms with van der Waals surface area (Å²) in [4.78, 5) is 8.10. The molecule has 0 fully saturated rings. The minimum absolute atomic E-state index is 0.618. The molecular weight excluding hydrogens is 192 g/mol. The van der Waals surface area contributed by atoms with Crippen molar-refractivity contribution in [1.82, 2.24) is 9.97 Å². The van der Waals surface area contributed by atoms with Gasteiger partial charge >= 0.3 is 0 Å². The molecule has 0 saturated heterocycles. The lowest BCUT2D eigenvalue weighted by Gasteiger charge is -2.04. The molecule has 2 aromatic heterocycles. The van der Waals surface area contributed by atoms with Gasteiger partial charge in [-0.15, -0.1) is 0 Å². The van der Waals surface area contributed by atoms with E-state index in [1.54, 1.807) is 6.26 Å². The van der Waals surface area contributed by atoms with Crippen LogP contribution in [0.5, 0.6) is 0 Å². The highest BCUT2D eigenvalue weighted by Gasteiger charge is 1.98. The number of rotatable bonds is 4. The van der Waals surface area contributed by atoms with E-state index in [1.807, 2.05) is 25.2 Å². The van der Waals surface area contributed by atoms with Gasteiger partial charge in [0.1, 0.15) is 23.7 Å². The second-order valence-corrected chi connectivity index (χ2v) is 2.97. The molecule has 0 aliphatic carbocycles. The van der Waals surface area contributed by atoms with Gasteiger partial charge in [0.15, 0.2) is 0 Å². The molecule has 2 N–H and O–H groups in total. The zero-order valence-electron chi connectivity index (χ0n) is 8.40. The fourth-order valence-electron chi connectivity index (χ4n) is 1.18. The van der Waals surface area contributed by atoms with Crippen LogP contribution in [-0.4, -0.2) is 17.0 Å². The zero-order chi connectivity index (χ0) is 10.5. The predicted molar refractivity (Wildman–Crippen MR) is 57.6 cm³/mol. The zero-order valence-corrected chi connectivity index (χ0v) is 8.40. The fraction of sp³-hybridized carbons (Fsp3) is 0.200. The number of nitrogens with one attached hydrogen (secondary N) is 2. The van der Waals surface area contributed by atoms with E-state index in [4.69, 9.17) is 4.42 Å². The summed E-state index contributed by atoms with van der Waals surface area (Å²) in [5, 5.41) is 6.08. The molecular formula is C10H12N4O. The summed E-state index contributed by atoms with van der Waals surface area (Å²) in [5.74, 6) is 2.43. The van der Waals surface area contributed by atoms with Crippen molar-refractivity contribution < 1.29 is 4.42 Å². The molecule has 0 amide bonds. The molecule has 2 rings (SSSR count). The third kappa shape index (κ3) is 2.46. The predicted octanol–water partition coefficient (Wildman–Crippen LogP) is 1.72. The van der Waals surface area contributed by atoms with Crippen molar-refractivity contribution in [2.45, 2.75) is 6.54 Å². The molecule has 0 aliphatic rings. The van der Waals surface area contributed by atoms with Crippen LogP contribution in [0.4, 0.5) is 11.6 Å².